The number of H-pyrrole nitrogens is 4. The van der Waals surface area contributed by atoms with E-state index in [9.17, 15) is 24.0 Å². The molecule has 0 saturated carbocycles. The average Bonchev–Trinajstić information content (AvgIpc) is 1.63. The van der Waals surface area contributed by atoms with Gasteiger partial charge in [-0.25, -0.2) is 59.8 Å². The number of likely N-dealkylation sites (tertiary alicyclic amines) is 1. The molecular formula is C96H104Cl4N32O8. The Bertz CT molecular complexity index is 7140. The average molecular weight is 1980 g/mol. The Balaban J connectivity index is 0.000000124. The Hall–Kier alpha value is -14.3. The van der Waals surface area contributed by atoms with E-state index in [1.165, 1.54) is 4.90 Å². The maximum atomic E-state index is 13.3. The molecule has 724 valence electrons. The number of nitrogens with one attached hydrogen (secondary N) is 9. The number of hydrogen-bond acceptors (Lipinski definition) is 27. The summed E-state index contributed by atoms with van der Waals surface area (Å²) in [5, 5.41) is 21.0. The number of piperidine rings is 1. The Morgan fingerprint density at radius 2 is 0.743 bits per heavy atom. The van der Waals surface area contributed by atoms with Gasteiger partial charge in [0.15, 0.2) is 0 Å². The van der Waals surface area contributed by atoms with E-state index in [0.29, 0.717) is 146 Å². The minimum Gasteiger partial charge on any atom is -0.383 e. The number of fused-ring (bicyclic) bond motifs is 4. The van der Waals surface area contributed by atoms with Crippen molar-refractivity contribution in [3.8, 4) is 45.6 Å². The lowest BCUT2D eigenvalue weighted by Crippen LogP contribution is -2.50. The standard InChI is InChI=1S/C26H29ClN8O2.2C24H27ClN8O2.C22H21ClN8O2/c1-33-15-23(29-16-33)21-2-5-28-26(32-21)30-18-12-17-13-22(31-24(17)20(27)14-18)25(36)35-6-3-19(4-7-35)34-8-10-37-11-9-34;1-31-14-21(27-15-31)19-3-4-26-24(30-19)28-17-11-16-12-20(29-22(16)18(25)13-17)23(34)33-7-5-32(6-8-33)9-10-35-2;1-32-14-21(28-15-32)19-3-5-27-24(31-19)29-17-11-16-12-20(30-22(16)18(25)13-17)23(34)26-4-2-6-33-7-9-35-10-8-33;1-29-10-18(25-12-29)16-3-4-24-22(28-16)26-14-7-13-8-17(27-20(13)15(23)9-14)21(33)31-6-5-30(2)19(32)11-31/h2,5,12-16,19,31H,3-4,6-11H2,1H3,(H,28,30,32);3-4,11-15,29H,5-10H2,1-2H3,(H,26,28,30);3,5,11-15,30H,2,4,6-10H2,1H3,(H,26,34)(H,27,29,31);3-4,7-10,12,27H,5-6,11H2,1-2H3,(H,24,26,28). The van der Waals surface area contributed by atoms with Crippen LogP contribution < -0.4 is 26.6 Å². The first-order valence-electron chi connectivity index (χ1n) is 45.8. The number of morpholine rings is 2. The van der Waals surface area contributed by atoms with Gasteiger partial charge in [-0.15, -0.1) is 0 Å². The molecule has 40 nitrogen and oxygen atoms in total. The van der Waals surface area contributed by atoms with Crippen molar-refractivity contribution in [3.05, 3.63) is 215 Å². The number of aryl methyl sites for hydroxylation is 4. The lowest BCUT2D eigenvalue weighted by Gasteiger charge is -2.40. The molecule has 0 atom stereocenters. The van der Waals surface area contributed by atoms with Crippen molar-refractivity contribution >= 4 is 166 Å². The zero-order valence-corrected chi connectivity index (χ0v) is 80.8. The number of carbonyl (C=O) groups excluding carboxylic acids is 5. The number of halogens is 4. The van der Waals surface area contributed by atoms with Gasteiger partial charge >= 0.3 is 0 Å². The van der Waals surface area contributed by atoms with E-state index in [1.54, 1.807) is 112 Å². The third kappa shape index (κ3) is 23.5. The van der Waals surface area contributed by atoms with Crippen LogP contribution in [0, 0.1) is 0 Å². The van der Waals surface area contributed by atoms with Gasteiger partial charge in [0.25, 0.3) is 23.6 Å². The summed E-state index contributed by atoms with van der Waals surface area (Å²) in [5.74, 6) is 1.22. The number of anilines is 8. The number of hydrogen-bond donors (Lipinski definition) is 9. The number of rotatable bonds is 24. The number of aromatic nitrogens is 20. The molecule has 0 radical (unpaired) electrons. The summed E-state index contributed by atoms with van der Waals surface area (Å²) in [6.07, 6.45) is 24.0. The van der Waals surface area contributed by atoms with Gasteiger partial charge in [0, 0.05) is 234 Å². The highest BCUT2D eigenvalue weighted by atomic mass is 35.5. The maximum absolute atomic E-state index is 13.3. The number of nitrogens with zero attached hydrogens (tertiary/aromatic N) is 23. The first kappa shape index (κ1) is 96.0. The molecule has 4 aromatic carbocycles. The van der Waals surface area contributed by atoms with E-state index in [1.807, 2.05) is 136 Å². The number of ether oxygens (including phenoxy) is 3. The summed E-state index contributed by atoms with van der Waals surface area (Å²) < 4.78 is 23.4. The van der Waals surface area contributed by atoms with E-state index in [2.05, 4.69) is 121 Å². The fraction of sp³-hybridized carbons (Fsp3) is 0.323. The van der Waals surface area contributed by atoms with Crippen LogP contribution >= 0.6 is 46.4 Å². The van der Waals surface area contributed by atoms with E-state index in [0.717, 1.165) is 189 Å². The monoisotopic (exact) mass is 1970 g/mol. The number of carbonyl (C=O) groups is 5. The molecule has 140 heavy (non-hydrogen) atoms. The molecule has 12 aromatic heterocycles. The van der Waals surface area contributed by atoms with E-state index < -0.39 is 0 Å². The molecule has 5 aliphatic heterocycles. The Labute approximate surface area is 823 Å². The Kier molecular flexibility index (Phi) is 30.0. The summed E-state index contributed by atoms with van der Waals surface area (Å²) in [4.78, 5) is 144. The van der Waals surface area contributed by atoms with Crippen molar-refractivity contribution in [3.63, 3.8) is 0 Å². The van der Waals surface area contributed by atoms with Crippen LogP contribution in [0.4, 0.5) is 46.5 Å². The summed E-state index contributed by atoms with van der Waals surface area (Å²) in [7, 11) is 11.1. The van der Waals surface area contributed by atoms with Crippen LogP contribution in [0.3, 0.4) is 0 Å². The minimum atomic E-state index is -0.232. The van der Waals surface area contributed by atoms with Crippen molar-refractivity contribution < 1.29 is 38.2 Å². The zero-order chi connectivity index (χ0) is 97.0. The number of amides is 5. The van der Waals surface area contributed by atoms with Crippen LogP contribution in [-0.4, -0.2) is 320 Å². The van der Waals surface area contributed by atoms with Crippen LogP contribution in [0.1, 0.15) is 61.2 Å². The molecule has 5 saturated heterocycles. The lowest BCUT2D eigenvalue weighted by molar-refractivity contribution is -0.133. The number of piperazine rings is 2. The molecule has 0 bridgehead atoms. The number of aromatic amines is 4. The largest absolute Gasteiger partial charge is 0.383 e. The SMILES string of the molecule is CN1CCN(C(=O)c2cc3cc(Nc4nccc(-c5cn(C)cn5)n4)cc(Cl)c3[nH]2)CC1=O.COCCN1CCN(C(=O)c2cc3cc(Nc4nccc(-c5cn(C)cn5)n4)cc(Cl)c3[nH]2)CC1.Cn1cnc(-c2ccnc(Nc3cc(Cl)c4[nH]c(C(=O)N5CCC(N6CCOCC6)CC5)cc4c3)n2)c1.Cn1cnc(-c2ccnc(Nc3cc(Cl)c4[nH]c(C(=O)NCCCN5CCOCC5)cc4c3)n2)c1. The van der Waals surface area contributed by atoms with Crippen molar-refractivity contribution in [1.82, 2.24) is 138 Å². The first-order chi connectivity index (χ1) is 67.9. The first-order valence-corrected chi connectivity index (χ1v) is 47.3. The number of methoxy groups -OCH3 is 1. The summed E-state index contributed by atoms with van der Waals surface area (Å²) in [6, 6.07) is 29.8. The summed E-state index contributed by atoms with van der Waals surface area (Å²) in [6.45, 7) is 15.7. The second-order valence-electron chi connectivity index (χ2n) is 34.6. The van der Waals surface area contributed by atoms with Gasteiger partial charge in [0.1, 0.15) is 52.1 Å². The molecule has 5 aliphatic rings. The van der Waals surface area contributed by atoms with Gasteiger partial charge in [-0.05, 0) is 123 Å². The normalized spacial score (nSPS) is 15.2. The zero-order valence-electron chi connectivity index (χ0n) is 77.8. The van der Waals surface area contributed by atoms with Gasteiger partial charge in [-0.3, -0.25) is 38.7 Å². The molecule has 44 heteroatoms. The molecule has 9 N–H and O–H groups in total. The third-order valence-electron chi connectivity index (χ3n) is 24.5. The molecular weight excluding hydrogens is 1870 g/mol. The molecule has 0 aliphatic carbocycles. The molecule has 21 rings (SSSR count). The van der Waals surface area contributed by atoms with E-state index >= 15 is 0 Å². The van der Waals surface area contributed by atoms with Crippen molar-refractivity contribution in [2.75, 3.05) is 173 Å². The molecule has 0 unspecified atom stereocenters. The van der Waals surface area contributed by atoms with Gasteiger partial charge in [0.2, 0.25) is 29.7 Å². The smallest absolute Gasteiger partial charge is 0.270 e. The highest BCUT2D eigenvalue weighted by molar-refractivity contribution is 6.37. The fourth-order valence-corrected chi connectivity index (χ4v) is 18.2. The summed E-state index contributed by atoms with van der Waals surface area (Å²) in [5.41, 5.74) is 13.5. The molecule has 0 spiro atoms. The molecule has 5 fully saturated rings. The molecule has 17 heterocycles. The van der Waals surface area contributed by atoms with E-state index in [4.69, 9.17) is 60.6 Å². The number of imidazole rings is 4. The predicted octanol–water partition coefficient (Wildman–Crippen LogP) is 12.7. The van der Waals surface area contributed by atoms with Gasteiger partial charge in [-0.2, -0.15) is 0 Å². The van der Waals surface area contributed by atoms with Crippen LogP contribution in [0.25, 0.3) is 89.2 Å². The van der Waals surface area contributed by atoms with Crippen molar-refractivity contribution in [1.29, 1.82) is 0 Å². The van der Waals surface area contributed by atoms with Gasteiger partial charge in [-0.1, -0.05) is 46.4 Å². The van der Waals surface area contributed by atoms with Crippen molar-refractivity contribution in [2.45, 2.75) is 25.3 Å². The van der Waals surface area contributed by atoms with Crippen LogP contribution in [0.5, 0.6) is 0 Å². The third-order valence-corrected chi connectivity index (χ3v) is 25.7. The highest BCUT2D eigenvalue weighted by Gasteiger charge is 2.32. The minimum absolute atomic E-state index is 0.00796. The number of likely N-dealkylation sites (N-methyl/N-ethyl adjacent to an activating group) is 1. The van der Waals surface area contributed by atoms with Crippen LogP contribution in [0.15, 0.2) is 172 Å². The lowest BCUT2D eigenvalue weighted by atomic mass is 10.0. The van der Waals surface area contributed by atoms with Crippen LogP contribution in [-0.2, 0) is 47.2 Å². The molecule has 16 aromatic rings. The number of benzene rings is 4. The fourth-order valence-electron chi connectivity index (χ4n) is 17.1. The van der Waals surface area contributed by atoms with Gasteiger partial charge < -0.3 is 98.6 Å². The molecule has 5 amide bonds. The highest BCUT2D eigenvalue weighted by Crippen LogP contribution is 2.37. The second-order valence-corrected chi connectivity index (χ2v) is 36.2. The second kappa shape index (κ2) is 43.8. The van der Waals surface area contributed by atoms with Crippen LogP contribution in [0.2, 0.25) is 20.1 Å². The topological polar surface area (TPSA) is 433 Å². The van der Waals surface area contributed by atoms with Crippen molar-refractivity contribution in [2.24, 2.45) is 28.2 Å². The quantitative estimate of drug-likeness (QED) is 0.0254. The maximum Gasteiger partial charge on any atom is 0.270 e. The van der Waals surface area contributed by atoms with Gasteiger partial charge in [0.05, 0.1) is 123 Å². The summed E-state index contributed by atoms with van der Waals surface area (Å²) >= 11 is 26.2. The van der Waals surface area contributed by atoms with E-state index in [-0.39, 0.29) is 36.1 Å². The Morgan fingerprint density at radius 1 is 0.400 bits per heavy atom. The Morgan fingerprint density at radius 3 is 1.11 bits per heavy atom. The predicted molar refractivity (Wildman–Crippen MR) is 537 cm³/mol.